The molecule has 1 amide bonds. The van der Waals surface area contributed by atoms with Crippen molar-refractivity contribution in [1.82, 2.24) is 13.6 Å². The lowest BCUT2D eigenvalue weighted by molar-refractivity contribution is -0.141. The molecule has 19 heavy (non-hydrogen) atoms. The van der Waals surface area contributed by atoms with E-state index in [-0.39, 0.29) is 5.91 Å². The van der Waals surface area contributed by atoms with E-state index < -0.39 is 6.10 Å². The average molecular weight is 279 g/mol. The number of fused-ring (bicyclic) bond motifs is 1. The number of ether oxygens (including phenoxy) is 1. The fourth-order valence-corrected chi connectivity index (χ4v) is 2.43. The van der Waals surface area contributed by atoms with E-state index in [4.69, 9.17) is 4.74 Å². The van der Waals surface area contributed by atoms with Gasteiger partial charge in [0.15, 0.2) is 0 Å². The Morgan fingerprint density at radius 2 is 2.16 bits per heavy atom. The molecular formula is C13H17N3O2S. The van der Waals surface area contributed by atoms with E-state index in [1.165, 1.54) is 11.7 Å². The molecule has 5 nitrogen and oxygen atoms in total. The molecule has 6 heteroatoms. The first-order valence-corrected chi connectivity index (χ1v) is 6.92. The van der Waals surface area contributed by atoms with Crippen molar-refractivity contribution in [3.63, 3.8) is 0 Å². The number of rotatable bonds is 5. The van der Waals surface area contributed by atoms with Gasteiger partial charge in [-0.2, -0.15) is 8.75 Å². The Balaban J connectivity index is 2.05. The maximum atomic E-state index is 12.0. The maximum absolute atomic E-state index is 12.0. The lowest BCUT2D eigenvalue weighted by Crippen LogP contribution is -2.35. The maximum Gasteiger partial charge on any atom is 0.251 e. The fourth-order valence-electron chi connectivity index (χ4n) is 1.91. The highest BCUT2D eigenvalue weighted by Crippen LogP contribution is 2.15. The van der Waals surface area contributed by atoms with Gasteiger partial charge >= 0.3 is 0 Å². The number of hydrogen-bond donors (Lipinski definition) is 0. The van der Waals surface area contributed by atoms with Crippen molar-refractivity contribution in [1.29, 1.82) is 0 Å². The first-order chi connectivity index (χ1) is 9.11. The van der Waals surface area contributed by atoms with Gasteiger partial charge in [-0.25, -0.2) is 0 Å². The van der Waals surface area contributed by atoms with E-state index in [1.54, 1.807) is 18.9 Å². The number of aromatic nitrogens is 2. The topological polar surface area (TPSA) is 55.3 Å². The zero-order valence-corrected chi connectivity index (χ0v) is 12.1. The molecule has 0 aliphatic heterocycles. The molecule has 0 spiro atoms. The van der Waals surface area contributed by atoms with Crippen LogP contribution >= 0.6 is 11.7 Å². The Morgan fingerprint density at radius 1 is 1.42 bits per heavy atom. The van der Waals surface area contributed by atoms with Gasteiger partial charge in [0, 0.05) is 20.2 Å². The molecule has 0 aliphatic rings. The molecule has 0 unspecified atom stereocenters. The Labute approximate surface area is 116 Å². The highest BCUT2D eigenvalue weighted by atomic mass is 32.1. The van der Waals surface area contributed by atoms with Crippen LogP contribution in [0.25, 0.3) is 11.0 Å². The summed E-state index contributed by atoms with van der Waals surface area (Å²) in [5.41, 5.74) is 2.81. The quantitative estimate of drug-likeness (QED) is 0.841. The average Bonchev–Trinajstić information content (AvgIpc) is 2.85. The van der Waals surface area contributed by atoms with Gasteiger partial charge < -0.3 is 9.64 Å². The summed E-state index contributed by atoms with van der Waals surface area (Å²) in [5.74, 6) is -0.0154. The van der Waals surface area contributed by atoms with Crippen LogP contribution in [0.4, 0.5) is 0 Å². The van der Waals surface area contributed by atoms with Crippen LogP contribution in [0, 0.1) is 0 Å². The van der Waals surface area contributed by atoms with Crippen LogP contribution in [-0.4, -0.2) is 39.3 Å². The monoisotopic (exact) mass is 279 g/mol. The minimum absolute atomic E-state index is 0.0154. The number of nitrogens with zero attached hydrogens (tertiary/aromatic N) is 3. The second kappa shape index (κ2) is 6.08. The van der Waals surface area contributed by atoms with Gasteiger partial charge in [-0.05, 0) is 31.5 Å². The first-order valence-electron chi connectivity index (χ1n) is 6.19. The minimum Gasteiger partial charge on any atom is -0.369 e. The molecule has 0 bridgehead atoms. The number of amides is 1. The summed E-state index contributed by atoms with van der Waals surface area (Å²) < 4.78 is 13.7. The van der Waals surface area contributed by atoms with Crippen LogP contribution in [-0.2, 0) is 16.1 Å². The Hall–Kier alpha value is -1.53. The van der Waals surface area contributed by atoms with Crippen molar-refractivity contribution in [2.24, 2.45) is 0 Å². The van der Waals surface area contributed by atoms with E-state index >= 15 is 0 Å². The van der Waals surface area contributed by atoms with E-state index in [0.717, 1.165) is 16.6 Å². The number of carbonyl (C=O) groups excluding carboxylic acids is 1. The van der Waals surface area contributed by atoms with Crippen LogP contribution < -0.4 is 0 Å². The van der Waals surface area contributed by atoms with Gasteiger partial charge in [0.2, 0.25) is 0 Å². The largest absolute Gasteiger partial charge is 0.369 e. The van der Waals surface area contributed by atoms with Crippen LogP contribution in [0.1, 0.15) is 19.4 Å². The Morgan fingerprint density at radius 3 is 2.89 bits per heavy atom. The predicted octanol–water partition coefficient (Wildman–Crippen LogP) is 2.07. The zero-order chi connectivity index (χ0) is 13.8. The smallest absolute Gasteiger partial charge is 0.251 e. The minimum atomic E-state index is -0.403. The van der Waals surface area contributed by atoms with E-state index in [9.17, 15) is 4.79 Å². The van der Waals surface area contributed by atoms with Crippen molar-refractivity contribution in [3.8, 4) is 0 Å². The molecule has 0 fully saturated rings. The standard InChI is InChI=1S/C13H17N3O2S/c1-4-18-9(2)13(17)16(3)8-10-5-6-11-12(7-10)15-19-14-11/h5-7,9H,4,8H2,1-3H3/t9-/m0/s1. The highest BCUT2D eigenvalue weighted by molar-refractivity contribution is 7.00. The van der Waals surface area contributed by atoms with Crippen molar-refractivity contribution < 1.29 is 9.53 Å². The molecule has 0 saturated carbocycles. The second-order valence-electron chi connectivity index (χ2n) is 4.38. The molecule has 2 aromatic rings. The molecule has 0 N–H and O–H groups in total. The summed E-state index contributed by atoms with van der Waals surface area (Å²) in [6, 6.07) is 5.87. The summed E-state index contributed by atoms with van der Waals surface area (Å²) in [5, 5.41) is 0. The van der Waals surface area contributed by atoms with Crippen molar-refractivity contribution in [2.45, 2.75) is 26.5 Å². The molecule has 1 aromatic carbocycles. The molecule has 0 saturated heterocycles. The molecule has 2 rings (SSSR count). The molecule has 0 aliphatic carbocycles. The third kappa shape index (κ3) is 3.27. The lowest BCUT2D eigenvalue weighted by atomic mass is 10.2. The third-order valence-corrected chi connectivity index (χ3v) is 3.44. The molecule has 1 heterocycles. The highest BCUT2D eigenvalue weighted by Gasteiger charge is 2.17. The van der Waals surface area contributed by atoms with Crippen molar-refractivity contribution >= 4 is 28.7 Å². The molecule has 1 aromatic heterocycles. The van der Waals surface area contributed by atoms with Gasteiger partial charge in [0.05, 0.1) is 11.7 Å². The number of benzene rings is 1. The summed E-state index contributed by atoms with van der Waals surface area (Å²) in [7, 11) is 1.78. The SMILES string of the molecule is CCO[C@@H](C)C(=O)N(C)Cc1ccc2nsnc2c1. The number of hydrogen-bond acceptors (Lipinski definition) is 5. The molecule has 0 radical (unpaired) electrons. The summed E-state index contributed by atoms with van der Waals surface area (Å²) in [4.78, 5) is 13.7. The van der Waals surface area contributed by atoms with Crippen LogP contribution in [0.5, 0.6) is 0 Å². The lowest BCUT2D eigenvalue weighted by Gasteiger charge is -2.21. The fraction of sp³-hybridized carbons (Fsp3) is 0.462. The summed E-state index contributed by atoms with van der Waals surface area (Å²) in [6.07, 6.45) is -0.403. The van der Waals surface area contributed by atoms with Crippen molar-refractivity contribution in [2.75, 3.05) is 13.7 Å². The normalized spacial score (nSPS) is 12.6. The zero-order valence-electron chi connectivity index (χ0n) is 11.3. The summed E-state index contributed by atoms with van der Waals surface area (Å²) >= 11 is 1.20. The third-order valence-electron chi connectivity index (χ3n) is 2.88. The van der Waals surface area contributed by atoms with Crippen LogP contribution in [0.15, 0.2) is 18.2 Å². The molecular weight excluding hydrogens is 262 g/mol. The van der Waals surface area contributed by atoms with Crippen LogP contribution in [0.3, 0.4) is 0 Å². The van der Waals surface area contributed by atoms with Gasteiger partial charge in [0.25, 0.3) is 5.91 Å². The molecule has 102 valence electrons. The number of likely N-dealkylation sites (N-methyl/N-ethyl adjacent to an activating group) is 1. The second-order valence-corrected chi connectivity index (χ2v) is 4.91. The Kier molecular flexibility index (Phi) is 4.44. The van der Waals surface area contributed by atoms with Crippen molar-refractivity contribution in [3.05, 3.63) is 23.8 Å². The van der Waals surface area contributed by atoms with E-state index in [1.807, 2.05) is 25.1 Å². The first kappa shape index (κ1) is 13.9. The predicted molar refractivity (Wildman–Crippen MR) is 75.0 cm³/mol. The van der Waals surface area contributed by atoms with Gasteiger partial charge in [-0.15, -0.1) is 0 Å². The van der Waals surface area contributed by atoms with Crippen LogP contribution in [0.2, 0.25) is 0 Å². The summed E-state index contributed by atoms with van der Waals surface area (Å²) in [6.45, 7) is 4.74. The number of carbonyl (C=O) groups is 1. The van der Waals surface area contributed by atoms with E-state index in [2.05, 4.69) is 8.75 Å². The van der Waals surface area contributed by atoms with Gasteiger partial charge in [-0.1, -0.05) is 6.07 Å². The molecule has 1 atom stereocenters. The van der Waals surface area contributed by atoms with E-state index in [0.29, 0.717) is 13.2 Å². The van der Waals surface area contributed by atoms with Gasteiger partial charge in [0.1, 0.15) is 17.1 Å². The Bertz CT molecular complexity index is 570. The van der Waals surface area contributed by atoms with Gasteiger partial charge in [-0.3, -0.25) is 4.79 Å².